The monoisotopic (exact) mass is 342 g/mol. The lowest BCUT2D eigenvalue weighted by Gasteiger charge is -2.28. The molecule has 1 saturated heterocycles. The number of hydrogen-bond acceptors (Lipinski definition) is 2. The van der Waals surface area contributed by atoms with Gasteiger partial charge in [-0.25, -0.2) is 0 Å². The summed E-state index contributed by atoms with van der Waals surface area (Å²) in [6, 6.07) is 5.47. The molecule has 1 aliphatic rings. The Labute approximate surface area is 142 Å². The number of nitrogens with two attached hydrogens (primary N) is 1. The highest BCUT2D eigenvalue weighted by atomic mass is 35.5. The Hall–Kier alpha value is -0.970. The van der Waals surface area contributed by atoms with E-state index in [0.29, 0.717) is 21.9 Å². The van der Waals surface area contributed by atoms with Gasteiger partial charge in [-0.1, -0.05) is 29.3 Å². The van der Waals surface area contributed by atoms with Gasteiger partial charge in [0.25, 0.3) is 0 Å². The van der Waals surface area contributed by atoms with Gasteiger partial charge in [-0.3, -0.25) is 4.99 Å². The van der Waals surface area contributed by atoms with Gasteiger partial charge in [-0.05, 0) is 63.5 Å². The highest BCUT2D eigenvalue weighted by Gasteiger charge is 2.16. The summed E-state index contributed by atoms with van der Waals surface area (Å²) in [6.45, 7) is 5.08. The van der Waals surface area contributed by atoms with Crippen molar-refractivity contribution in [3.05, 3.63) is 33.8 Å². The Kier molecular flexibility index (Phi) is 6.36. The van der Waals surface area contributed by atoms with Crippen LogP contribution in [0.3, 0.4) is 0 Å². The molecule has 1 atom stereocenters. The van der Waals surface area contributed by atoms with Gasteiger partial charge >= 0.3 is 0 Å². The summed E-state index contributed by atoms with van der Waals surface area (Å²) in [5.41, 5.74) is 6.96. The van der Waals surface area contributed by atoms with Crippen LogP contribution in [0.15, 0.2) is 23.2 Å². The van der Waals surface area contributed by atoms with Crippen molar-refractivity contribution >= 4 is 29.2 Å². The zero-order chi connectivity index (χ0) is 16.1. The predicted molar refractivity (Wildman–Crippen MR) is 94.7 cm³/mol. The molecule has 2 rings (SSSR count). The molecule has 0 aliphatic carbocycles. The minimum atomic E-state index is -0.00833. The molecule has 3 N–H and O–H groups in total. The Bertz CT molecular complexity index is 525. The van der Waals surface area contributed by atoms with Crippen molar-refractivity contribution in [1.82, 2.24) is 10.2 Å². The lowest BCUT2D eigenvalue weighted by molar-refractivity contribution is 0.223. The molecule has 1 aliphatic heterocycles. The van der Waals surface area contributed by atoms with Crippen molar-refractivity contribution in [2.24, 2.45) is 16.6 Å². The number of rotatable bonds is 4. The van der Waals surface area contributed by atoms with Crippen molar-refractivity contribution in [3.8, 4) is 0 Å². The van der Waals surface area contributed by atoms with Gasteiger partial charge in [0.15, 0.2) is 5.96 Å². The summed E-state index contributed by atoms with van der Waals surface area (Å²) >= 11 is 12.1. The van der Waals surface area contributed by atoms with Gasteiger partial charge in [-0.15, -0.1) is 0 Å². The quantitative estimate of drug-likeness (QED) is 0.651. The number of likely N-dealkylation sites (tertiary alicyclic amines) is 1. The number of guanidine groups is 1. The number of nitrogens with one attached hydrogen (secondary N) is 1. The molecule has 0 radical (unpaired) electrons. The number of benzene rings is 1. The van der Waals surface area contributed by atoms with E-state index >= 15 is 0 Å². The standard InChI is InChI=1S/C16H24Cl2N4/c1-11(14-4-3-13(17)9-15(14)18)21-16(19)20-10-12-5-7-22(2)8-6-12/h3-4,9,11-12H,5-8,10H2,1-2H3,(H3,19,20,21). The van der Waals surface area contributed by atoms with Crippen LogP contribution in [0, 0.1) is 5.92 Å². The van der Waals surface area contributed by atoms with Crippen molar-refractivity contribution in [3.63, 3.8) is 0 Å². The second-order valence-electron chi connectivity index (χ2n) is 6.00. The molecule has 0 amide bonds. The summed E-state index contributed by atoms with van der Waals surface area (Å²) in [5.74, 6) is 1.10. The fourth-order valence-electron chi connectivity index (χ4n) is 2.67. The van der Waals surface area contributed by atoms with Crippen molar-refractivity contribution < 1.29 is 0 Å². The third kappa shape index (κ3) is 5.04. The average Bonchev–Trinajstić information content (AvgIpc) is 2.46. The lowest BCUT2D eigenvalue weighted by atomic mass is 9.97. The topological polar surface area (TPSA) is 53.6 Å². The molecule has 1 unspecified atom stereocenters. The van der Waals surface area contributed by atoms with Gasteiger partial charge in [0.2, 0.25) is 0 Å². The predicted octanol–water partition coefficient (Wildman–Crippen LogP) is 3.30. The summed E-state index contributed by atoms with van der Waals surface area (Å²) < 4.78 is 0. The first kappa shape index (κ1) is 17.4. The van der Waals surface area contributed by atoms with Gasteiger partial charge in [0.05, 0.1) is 6.04 Å². The Morgan fingerprint density at radius 2 is 2.09 bits per heavy atom. The number of hydrogen-bond donors (Lipinski definition) is 2. The fourth-order valence-corrected chi connectivity index (χ4v) is 3.24. The first-order valence-corrected chi connectivity index (χ1v) is 8.41. The third-order valence-corrected chi connectivity index (χ3v) is 4.71. The molecular formula is C16H24Cl2N4. The Balaban J connectivity index is 1.87. The van der Waals surface area contributed by atoms with Gasteiger partial charge in [0, 0.05) is 16.6 Å². The molecule has 6 heteroatoms. The van der Waals surface area contributed by atoms with Gasteiger partial charge in [0.1, 0.15) is 0 Å². The molecule has 22 heavy (non-hydrogen) atoms. The van der Waals surface area contributed by atoms with Crippen molar-refractivity contribution in [2.45, 2.75) is 25.8 Å². The van der Waals surface area contributed by atoms with Crippen LogP contribution in [-0.4, -0.2) is 37.5 Å². The number of piperidine rings is 1. The van der Waals surface area contributed by atoms with Crippen molar-refractivity contribution in [2.75, 3.05) is 26.7 Å². The van der Waals surface area contributed by atoms with E-state index in [1.807, 2.05) is 19.1 Å². The molecular weight excluding hydrogens is 319 g/mol. The number of halogens is 2. The molecule has 0 aromatic heterocycles. The molecule has 0 saturated carbocycles. The molecule has 122 valence electrons. The maximum atomic E-state index is 6.21. The molecule has 1 heterocycles. The van der Waals surface area contributed by atoms with Crippen LogP contribution in [0.4, 0.5) is 0 Å². The normalized spacial score (nSPS) is 19.2. The first-order valence-electron chi connectivity index (χ1n) is 7.65. The second-order valence-corrected chi connectivity index (χ2v) is 6.85. The van der Waals surface area contributed by atoms with Crippen LogP contribution < -0.4 is 11.1 Å². The van der Waals surface area contributed by atoms with E-state index < -0.39 is 0 Å². The molecule has 1 aromatic carbocycles. The minimum absolute atomic E-state index is 0.00833. The summed E-state index contributed by atoms with van der Waals surface area (Å²) in [4.78, 5) is 6.83. The lowest BCUT2D eigenvalue weighted by Crippen LogP contribution is -2.35. The van der Waals surface area contributed by atoms with Crippen LogP contribution >= 0.6 is 23.2 Å². The fraction of sp³-hybridized carbons (Fsp3) is 0.562. The highest BCUT2D eigenvalue weighted by Crippen LogP contribution is 2.26. The average molecular weight is 343 g/mol. The van der Waals surface area contributed by atoms with E-state index in [1.54, 1.807) is 6.07 Å². The first-order chi connectivity index (χ1) is 10.5. The van der Waals surface area contributed by atoms with Crippen LogP contribution in [0.25, 0.3) is 0 Å². The zero-order valence-electron chi connectivity index (χ0n) is 13.1. The van der Waals surface area contributed by atoms with E-state index in [1.165, 1.54) is 12.8 Å². The van der Waals surface area contributed by atoms with Crippen LogP contribution in [0.5, 0.6) is 0 Å². The maximum Gasteiger partial charge on any atom is 0.189 e. The second kappa shape index (κ2) is 8.04. The SMILES string of the molecule is CC(NC(N)=NCC1CCN(C)CC1)c1ccc(Cl)cc1Cl. The molecule has 1 fully saturated rings. The third-order valence-electron chi connectivity index (χ3n) is 4.15. The van der Waals surface area contributed by atoms with Gasteiger partial charge < -0.3 is 16.0 Å². The van der Waals surface area contributed by atoms with Crippen LogP contribution in [0.1, 0.15) is 31.4 Å². The number of aliphatic imine (C=N–C) groups is 1. The molecule has 1 aromatic rings. The van der Waals surface area contributed by atoms with Gasteiger partial charge in [-0.2, -0.15) is 0 Å². The van der Waals surface area contributed by atoms with Crippen LogP contribution in [-0.2, 0) is 0 Å². The smallest absolute Gasteiger partial charge is 0.189 e. The van der Waals surface area contributed by atoms with E-state index in [4.69, 9.17) is 28.9 Å². The number of nitrogens with zero attached hydrogens (tertiary/aromatic N) is 2. The molecule has 0 spiro atoms. The maximum absolute atomic E-state index is 6.21. The minimum Gasteiger partial charge on any atom is -0.370 e. The molecule has 4 nitrogen and oxygen atoms in total. The Morgan fingerprint density at radius 3 is 2.73 bits per heavy atom. The van der Waals surface area contributed by atoms with E-state index in [-0.39, 0.29) is 6.04 Å². The van der Waals surface area contributed by atoms with Crippen molar-refractivity contribution in [1.29, 1.82) is 0 Å². The highest BCUT2D eigenvalue weighted by molar-refractivity contribution is 6.35. The molecule has 0 bridgehead atoms. The van der Waals surface area contributed by atoms with Crippen LogP contribution in [0.2, 0.25) is 10.0 Å². The zero-order valence-corrected chi connectivity index (χ0v) is 14.7. The largest absolute Gasteiger partial charge is 0.370 e. The van der Waals surface area contributed by atoms with E-state index in [2.05, 4.69) is 22.3 Å². The van der Waals surface area contributed by atoms with E-state index in [0.717, 1.165) is 25.2 Å². The summed E-state index contributed by atoms with van der Waals surface area (Å²) in [6.07, 6.45) is 2.37. The summed E-state index contributed by atoms with van der Waals surface area (Å²) in [7, 11) is 2.16. The summed E-state index contributed by atoms with van der Waals surface area (Å²) in [5, 5.41) is 4.46. The Morgan fingerprint density at radius 1 is 1.41 bits per heavy atom. The van der Waals surface area contributed by atoms with E-state index in [9.17, 15) is 0 Å².